The van der Waals surface area contributed by atoms with Crippen molar-refractivity contribution in [3.05, 3.63) is 52.0 Å². The molecule has 0 aliphatic carbocycles. The minimum absolute atomic E-state index is 0.132. The molecule has 0 saturated carbocycles. The molecule has 25 heavy (non-hydrogen) atoms. The molecule has 7 nitrogen and oxygen atoms in total. The van der Waals surface area contributed by atoms with Crippen LogP contribution in [-0.4, -0.2) is 27.2 Å². The Morgan fingerprint density at radius 2 is 2.08 bits per heavy atom. The van der Waals surface area contributed by atoms with Crippen LogP contribution in [0.1, 0.15) is 5.89 Å². The van der Waals surface area contributed by atoms with Crippen LogP contribution in [-0.2, 0) is 5.75 Å². The number of nitrogens with zero attached hydrogens (tertiary/aromatic N) is 3. The SMILES string of the molecule is COc1ccc(-c2noc(CSc3nc4ccsc4c(=O)[nH]3)n2)cc1. The van der Waals surface area contributed by atoms with E-state index in [2.05, 4.69) is 20.1 Å². The van der Waals surface area contributed by atoms with E-state index in [0.29, 0.717) is 32.8 Å². The van der Waals surface area contributed by atoms with Crippen molar-refractivity contribution in [3.63, 3.8) is 0 Å². The number of aromatic nitrogens is 4. The zero-order chi connectivity index (χ0) is 17.2. The van der Waals surface area contributed by atoms with E-state index in [9.17, 15) is 4.79 Å². The fraction of sp³-hybridized carbons (Fsp3) is 0.125. The van der Waals surface area contributed by atoms with E-state index in [4.69, 9.17) is 9.26 Å². The fourth-order valence-corrected chi connectivity index (χ4v) is 3.65. The molecule has 4 rings (SSSR count). The average Bonchev–Trinajstić information content (AvgIpc) is 3.29. The van der Waals surface area contributed by atoms with Gasteiger partial charge in [-0.25, -0.2) is 4.98 Å². The number of hydrogen-bond acceptors (Lipinski definition) is 8. The minimum Gasteiger partial charge on any atom is -0.497 e. The van der Waals surface area contributed by atoms with Crippen LogP contribution in [0.15, 0.2) is 50.2 Å². The van der Waals surface area contributed by atoms with E-state index < -0.39 is 0 Å². The van der Waals surface area contributed by atoms with Gasteiger partial charge in [-0.15, -0.1) is 11.3 Å². The molecular formula is C16H12N4O3S2. The van der Waals surface area contributed by atoms with E-state index in [1.54, 1.807) is 7.11 Å². The Balaban J connectivity index is 1.49. The van der Waals surface area contributed by atoms with Gasteiger partial charge in [0.2, 0.25) is 11.7 Å². The Hall–Kier alpha value is -2.65. The number of methoxy groups -OCH3 is 1. The Morgan fingerprint density at radius 3 is 2.88 bits per heavy atom. The van der Waals surface area contributed by atoms with Gasteiger partial charge < -0.3 is 14.2 Å². The molecular weight excluding hydrogens is 360 g/mol. The summed E-state index contributed by atoms with van der Waals surface area (Å²) < 4.78 is 11.0. The molecule has 0 atom stereocenters. The van der Waals surface area contributed by atoms with Crippen LogP contribution in [0.25, 0.3) is 21.6 Å². The van der Waals surface area contributed by atoms with Gasteiger partial charge in [-0.3, -0.25) is 4.79 Å². The first kappa shape index (κ1) is 15.9. The van der Waals surface area contributed by atoms with Crippen molar-refractivity contribution in [1.29, 1.82) is 0 Å². The second-order valence-corrected chi connectivity index (χ2v) is 6.92. The zero-order valence-corrected chi connectivity index (χ0v) is 14.7. The Kier molecular flexibility index (Phi) is 4.24. The van der Waals surface area contributed by atoms with Crippen LogP contribution in [0.2, 0.25) is 0 Å². The third kappa shape index (κ3) is 3.28. The van der Waals surface area contributed by atoms with Gasteiger partial charge in [-0.05, 0) is 35.7 Å². The maximum absolute atomic E-state index is 12.0. The molecule has 126 valence electrons. The summed E-state index contributed by atoms with van der Waals surface area (Å²) in [7, 11) is 1.62. The second kappa shape index (κ2) is 6.69. The lowest BCUT2D eigenvalue weighted by Gasteiger charge is -1.99. The molecule has 3 aromatic heterocycles. The van der Waals surface area contributed by atoms with E-state index >= 15 is 0 Å². The lowest BCUT2D eigenvalue weighted by atomic mass is 10.2. The maximum atomic E-state index is 12.0. The molecule has 0 aliphatic heterocycles. The first-order chi connectivity index (χ1) is 12.2. The Bertz CT molecular complexity index is 1070. The smallest absolute Gasteiger partial charge is 0.269 e. The first-order valence-electron chi connectivity index (χ1n) is 7.30. The monoisotopic (exact) mass is 372 g/mol. The van der Waals surface area contributed by atoms with Crippen LogP contribution in [0.3, 0.4) is 0 Å². The number of benzene rings is 1. The van der Waals surface area contributed by atoms with Crippen LogP contribution in [0.4, 0.5) is 0 Å². The largest absolute Gasteiger partial charge is 0.497 e. The topological polar surface area (TPSA) is 93.9 Å². The molecule has 3 heterocycles. The number of nitrogens with one attached hydrogen (secondary N) is 1. The number of fused-ring (bicyclic) bond motifs is 1. The summed E-state index contributed by atoms with van der Waals surface area (Å²) in [6.45, 7) is 0. The lowest BCUT2D eigenvalue weighted by molar-refractivity contribution is 0.391. The molecule has 0 saturated heterocycles. The van der Waals surface area contributed by atoms with Gasteiger partial charge in [-0.1, -0.05) is 16.9 Å². The molecule has 0 spiro atoms. The summed E-state index contributed by atoms with van der Waals surface area (Å²) in [4.78, 5) is 23.5. The summed E-state index contributed by atoms with van der Waals surface area (Å²) in [6, 6.07) is 9.23. The molecule has 0 fully saturated rings. The van der Waals surface area contributed by atoms with Crippen molar-refractivity contribution in [2.24, 2.45) is 0 Å². The van der Waals surface area contributed by atoms with Crippen molar-refractivity contribution in [3.8, 4) is 17.1 Å². The van der Waals surface area contributed by atoms with Gasteiger partial charge >= 0.3 is 0 Å². The van der Waals surface area contributed by atoms with Crippen molar-refractivity contribution < 1.29 is 9.26 Å². The summed E-state index contributed by atoms with van der Waals surface area (Å²) in [5.41, 5.74) is 1.40. The molecule has 0 aliphatic rings. The number of thiophene rings is 1. The minimum atomic E-state index is -0.132. The number of aromatic amines is 1. The van der Waals surface area contributed by atoms with Gasteiger partial charge in [0.05, 0.1) is 18.4 Å². The highest BCUT2D eigenvalue weighted by atomic mass is 32.2. The van der Waals surface area contributed by atoms with Gasteiger partial charge in [0, 0.05) is 5.56 Å². The van der Waals surface area contributed by atoms with Crippen molar-refractivity contribution in [2.75, 3.05) is 7.11 Å². The standard InChI is InChI=1S/C16H12N4O3S2/c1-22-10-4-2-9(3-5-10)14-18-12(23-20-14)8-25-16-17-11-6-7-24-13(11)15(21)19-16/h2-7H,8H2,1H3,(H,17,19,21). The number of rotatable bonds is 5. The van der Waals surface area contributed by atoms with Crippen molar-refractivity contribution in [2.45, 2.75) is 10.9 Å². The van der Waals surface area contributed by atoms with Crippen molar-refractivity contribution >= 4 is 33.3 Å². The van der Waals surface area contributed by atoms with E-state index in [1.165, 1.54) is 23.1 Å². The molecule has 0 unspecified atom stereocenters. The van der Waals surface area contributed by atoms with Crippen LogP contribution >= 0.6 is 23.1 Å². The quantitative estimate of drug-likeness (QED) is 0.424. The van der Waals surface area contributed by atoms with Gasteiger partial charge in [0.15, 0.2) is 5.16 Å². The molecule has 0 radical (unpaired) electrons. The predicted octanol–water partition coefficient (Wildman–Crippen LogP) is 3.34. The molecule has 9 heteroatoms. The molecule has 1 aromatic carbocycles. The zero-order valence-electron chi connectivity index (χ0n) is 13.1. The summed E-state index contributed by atoms with van der Waals surface area (Å²) >= 11 is 2.72. The molecule has 1 N–H and O–H groups in total. The lowest BCUT2D eigenvalue weighted by Crippen LogP contribution is -2.07. The van der Waals surface area contributed by atoms with E-state index in [1.807, 2.05) is 35.7 Å². The van der Waals surface area contributed by atoms with E-state index in [0.717, 1.165) is 11.3 Å². The molecule has 0 amide bonds. The highest BCUT2D eigenvalue weighted by Gasteiger charge is 2.11. The average molecular weight is 372 g/mol. The Labute approximate surface area is 150 Å². The van der Waals surface area contributed by atoms with Gasteiger partial charge in [-0.2, -0.15) is 4.98 Å². The molecule has 0 bridgehead atoms. The first-order valence-corrected chi connectivity index (χ1v) is 9.17. The maximum Gasteiger partial charge on any atom is 0.269 e. The number of hydrogen-bond donors (Lipinski definition) is 1. The highest BCUT2D eigenvalue weighted by Crippen LogP contribution is 2.23. The van der Waals surface area contributed by atoms with Crippen LogP contribution in [0, 0.1) is 0 Å². The summed E-state index contributed by atoms with van der Waals surface area (Å²) in [6.07, 6.45) is 0. The van der Waals surface area contributed by atoms with E-state index in [-0.39, 0.29) is 5.56 Å². The summed E-state index contributed by atoms with van der Waals surface area (Å²) in [5, 5.41) is 6.36. The van der Waals surface area contributed by atoms with Crippen molar-refractivity contribution in [1.82, 2.24) is 20.1 Å². The van der Waals surface area contributed by atoms with Gasteiger partial charge in [0.25, 0.3) is 5.56 Å². The number of thioether (sulfide) groups is 1. The number of ether oxygens (including phenoxy) is 1. The normalized spacial score (nSPS) is 11.1. The Morgan fingerprint density at radius 1 is 1.24 bits per heavy atom. The molecule has 4 aromatic rings. The fourth-order valence-electron chi connectivity index (χ4n) is 2.22. The third-order valence-corrected chi connectivity index (χ3v) is 5.20. The summed E-state index contributed by atoms with van der Waals surface area (Å²) in [5.74, 6) is 2.15. The van der Waals surface area contributed by atoms with Crippen LogP contribution in [0.5, 0.6) is 5.75 Å². The third-order valence-electron chi connectivity index (χ3n) is 3.44. The highest BCUT2D eigenvalue weighted by molar-refractivity contribution is 7.98. The van der Waals surface area contributed by atoms with Gasteiger partial charge in [0.1, 0.15) is 10.4 Å². The van der Waals surface area contributed by atoms with Crippen LogP contribution < -0.4 is 10.3 Å². The predicted molar refractivity (Wildman–Crippen MR) is 96.1 cm³/mol. The second-order valence-electron chi connectivity index (χ2n) is 5.03. The number of H-pyrrole nitrogens is 1.